The largest absolute Gasteiger partial charge is 0.309 e. The maximum absolute atomic E-state index is 5.35. The fourth-order valence-electron chi connectivity index (χ4n) is 9.69. The van der Waals surface area contributed by atoms with Gasteiger partial charge in [0.25, 0.3) is 0 Å². The maximum atomic E-state index is 5.35. The predicted molar refractivity (Wildman–Crippen MR) is 264 cm³/mol. The summed E-state index contributed by atoms with van der Waals surface area (Å²) in [6, 6.07) is 79.9. The summed E-state index contributed by atoms with van der Waals surface area (Å²) in [4.78, 5) is 15.9. The molecular weight excluding hydrogens is 779 g/mol. The number of benzene rings is 10. The van der Waals surface area contributed by atoms with Crippen molar-refractivity contribution in [2.75, 3.05) is 0 Å². The Balaban J connectivity index is 1.03. The summed E-state index contributed by atoms with van der Waals surface area (Å²) in [7, 11) is 0. The molecule has 298 valence electrons. The van der Waals surface area contributed by atoms with Crippen LogP contribution in [-0.2, 0) is 0 Å². The van der Waals surface area contributed by atoms with Gasteiger partial charge >= 0.3 is 0 Å². The highest BCUT2D eigenvalue weighted by molar-refractivity contribution is 6.25. The molecule has 0 aliphatic carbocycles. The molecular formula is C59H37N5. The smallest absolute Gasteiger partial charge is 0.238 e. The third-order valence-corrected chi connectivity index (χ3v) is 12.7. The van der Waals surface area contributed by atoms with Gasteiger partial charge in [-0.25, -0.2) is 4.98 Å². The monoisotopic (exact) mass is 815 g/mol. The SMILES string of the molecule is c1ccc(-c2ccc(-c3nc(-c4ccc(-c5ccccc5)cc4)nc(-n4c5cccc6ccc7cc(-c8ccc9c%10ccccc%10n(-c%10ccccc%10)c9c8)cc4c7c65)n3)cc2)cc1. The van der Waals surface area contributed by atoms with Crippen molar-refractivity contribution in [2.45, 2.75) is 0 Å². The minimum Gasteiger partial charge on any atom is -0.309 e. The van der Waals surface area contributed by atoms with E-state index in [0.29, 0.717) is 17.6 Å². The second-order valence-electron chi connectivity index (χ2n) is 16.5. The topological polar surface area (TPSA) is 48.5 Å². The summed E-state index contributed by atoms with van der Waals surface area (Å²) in [5.41, 5.74) is 14.3. The number of nitrogens with zero attached hydrogens (tertiary/aromatic N) is 5. The zero-order valence-electron chi connectivity index (χ0n) is 34.6. The second-order valence-corrected chi connectivity index (χ2v) is 16.5. The molecule has 13 rings (SSSR count). The van der Waals surface area contributed by atoms with Crippen molar-refractivity contribution in [3.63, 3.8) is 0 Å². The number of hydrogen-bond acceptors (Lipinski definition) is 3. The summed E-state index contributed by atoms with van der Waals surface area (Å²) < 4.78 is 4.63. The predicted octanol–water partition coefficient (Wildman–Crippen LogP) is 15.0. The minimum absolute atomic E-state index is 0.570. The Morgan fingerprint density at radius 3 is 1.44 bits per heavy atom. The Morgan fingerprint density at radius 2 is 0.766 bits per heavy atom. The molecule has 3 aromatic heterocycles. The molecule has 0 aliphatic rings. The van der Waals surface area contributed by atoms with Gasteiger partial charge in [0.05, 0.1) is 22.1 Å². The molecule has 0 unspecified atom stereocenters. The molecule has 0 saturated heterocycles. The van der Waals surface area contributed by atoms with E-state index in [1.807, 2.05) is 12.1 Å². The van der Waals surface area contributed by atoms with Crippen molar-refractivity contribution in [3.8, 4) is 67.8 Å². The molecule has 5 heteroatoms. The van der Waals surface area contributed by atoms with Gasteiger partial charge in [-0.2, -0.15) is 9.97 Å². The number of rotatable bonds is 7. The highest BCUT2D eigenvalue weighted by atomic mass is 15.2. The van der Waals surface area contributed by atoms with Gasteiger partial charge in [-0.15, -0.1) is 0 Å². The number of fused-ring (bicyclic) bond motifs is 3. The van der Waals surface area contributed by atoms with Gasteiger partial charge in [-0.1, -0.05) is 182 Å². The lowest BCUT2D eigenvalue weighted by molar-refractivity contribution is 0.954. The van der Waals surface area contributed by atoms with E-state index in [4.69, 9.17) is 15.0 Å². The van der Waals surface area contributed by atoms with Gasteiger partial charge in [0.2, 0.25) is 5.95 Å². The van der Waals surface area contributed by atoms with Gasteiger partial charge in [0.15, 0.2) is 11.6 Å². The van der Waals surface area contributed by atoms with E-state index in [2.05, 4.69) is 221 Å². The molecule has 13 aromatic rings. The summed E-state index contributed by atoms with van der Waals surface area (Å²) in [6.07, 6.45) is 0. The van der Waals surface area contributed by atoms with E-state index in [1.165, 1.54) is 43.4 Å². The van der Waals surface area contributed by atoms with Crippen LogP contribution < -0.4 is 0 Å². The lowest BCUT2D eigenvalue weighted by Gasteiger charge is -2.13. The van der Waals surface area contributed by atoms with Crippen molar-refractivity contribution >= 4 is 54.4 Å². The third-order valence-electron chi connectivity index (χ3n) is 12.7. The fourth-order valence-corrected chi connectivity index (χ4v) is 9.69. The second kappa shape index (κ2) is 14.5. The van der Waals surface area contributed by atoms with Crippen LogP contribution in [-0.4, -0.2) is 24.1 Å². The zero-order chi connectivity index (χ0) is 42.1. The molecule has 0 saturated carbocycles. The first-order valence-electron chi connectivity index (χ1n) is 21.7. The number of aromatic nitrogens is 5. The first-order valence-corrected chi connectivity index (χ1v) is 21.7. The summed E-state index contributed by atoms with van der Waals surface area (Å²) in [6.45, 7) is 0. The number of para-hydroxylation sites is 2. The van der Waals surface area contributed by atoms with Crippen LogP contribution in [0.5, 0.6) is 0 Å². The quantitative estimate of drug-likeness (QED) is 0.151. The number of hydrogen-bond donors (Lipinski definition) is 0. The molecule has 0 aliphatic heterocycles. The average Bonchev–Trinajstić information content (AvgIpc) is 3.89. The standard InChI is InChI=1S/C59H37N5/c1-4-13-38(14-5-1)40-23-28-43(29-24-40)57-60-58(44-30-25-41(26-31-44)39-15-6-2-7-16-39)62-59(61-57)64-52-22-12-17-42-27-32-46-35-47(37-54(64)56(46)55(42)52)45-33-34-50-49-20-10-11-21-51(49)63(53(50)36-45)48-18-8-3-9-19-48/h1-37H. The first-order chi connectivity index (χ1) is 31.7. The lowest BCUT2D eigenvalue weighted by atomic mass is 9.97. The van der Waals surface area contributed by atoms with E-state index >= 15 is 0 Å². The van der Waals surface area contributed by atoms with E-state index in [9.17, 15) is 0 Å². The van der Waals surface area contributed by atoms with Crippen molar-refractivity contribution in [2.24, 2.45) is 0 Å². The van der Waals surface area contributed by atoms with Crippen LogP contribution in [0.3, 0.4) is 0 Å². The van der Waals surface area contributed by atoms with Crippen molar-refractivity contribution in [1.82, 2.24) is 24.1 Å². The third kappa shape index (κ3) is 5.83. The van der Waals surface area contributed by atoms with Gasteiger partial charge < -0.3 is 4.57 Å². The molecule has 0 radical (unpaired) electrons. The van der Waals surface area contributed by atoms with Gasteiger partial charge in [-0.3, -0.25) is 4.57 Å². The molecule has 0 N–H and O–H groups in total. The minimum atomic E-state index is 0.570. The average molecular weight is 816 g/mol. The van der Waals surface area contributed by atoms with Crippen LogP contribution >= 0.6 is 0 Å². The van der Waals surface area contributed by atoms with E-state index in [-0.39, 0.29) is 0 Å². The molecule has 0 spiro atoms. The molecule has 0 amide bonds. The van der Waals surface area contributed by atoms with Crippen LogP contribution in [0.2, 0.25) is 0 Å². The highest BCUT2D eigenvalue weighted by Gasteiger charge is 2.22. The zero-order valence-corrected chi connectivity index (χ0v) is 34.6. The molecule has 0 fully saturated rings. The summed E-state index contributed by atoms with van der Waals surface area (Å²) in [5, 5.41) is 7.20. The molecule has 3 heterocycles. The molecule has 10 aromatic carbocycles. The van der Waals surface area contributed by atoms with E-state index in [0.717, 1.165) is 61.2 Å². The van der Waals surface area contributed by atoms with Gasteiger partial charge in [-0.05, 0) is 86.6 Å². The van der Waals surface area contributed by atoms with Gasteiger partial charge in [0.1, 0.15) is 0 Å². The van der Waals surface area contributed by atoms with Crippen molar-refractivity contribution < 1.29 is 0 Å². The summed E-state index contributed by atoms with van der Waals surface area (Å²) >= 11 is 0. The Labute approximate surface area is 369 Å². The van der Waals surface area contributed by atoms with Crippen LogP contribution in [0.4, 0.5) is 0 Å². The molecule has 0 bridgehead atoms. The van der Waals surface area contributed by atoms with E-state index in [1.54, 1.807) is 0 Å². The fraction of sp³-hybridized carbons (Fsp3) is 0. The maximum Gasteiger partial charge on any atom is 0.238 e. The van der Waals surface area contributed by atoms with Crippen LogP contribution in [0, 0.1) is 0 Å². The Bertz CT molecular complexity index is 3750. The first kappa shape index (κ1) is 36.0. The molecule has 0 atom stereocenters. The van der Waals surface area contributed by atoms with Crippen LogP contribution in [0.15, 0.2) is 224 Å². The Kier molecular flexibility index (Phi) is 8.15. The normalized spacial score (nSPS) is 11.8. The Morgan fingerprint density at radius 1 is 0.266 bits per heavy atom. The molecule has 64 heavy (non-hydrogen) atoms. The lowest BCUT2D eigenvalue weighted by Crippen LogP contribution is -2.06. The Hall–Kier alpha value is -8.67. The van der Waals surface area contributed by atoms with Crippen LogP contribution in [0.1, 0.15) is 0 Å². The molecule has 5 nitrogen and oxygen atoms in total. The van der Waals surface area contributed by atoms with Gasteiger partial charge in [0, 0.05) is 38.4 Å². The van der Waals surface area contributed by atoms with Crippen molar-refractivity contribution in [1.29, 1.82) is 0 Å². The van der Waals surface area contributed by atoms with Crippen LogP contribution in [0.25, 0.3) is 122 Å². The van der Waals surface area contributed by atoms with Crippen molar-refractivity contribution in [3.05, 3.63) is 224 Å². The van der Waals surface area contributed by atoms with E-state index < -0.39 is 0 Å². The summed E-state index contributed by atoms with van der Waals surface area (Å²) in [5.74, 6) is 1.80. The highest BCUT2D eigenvalue weighted by Crippen LogP contribution is 2.42.